The van der Waals surface area contributed by atoms with Crippen LogP contribution in [0.3, 0.4) is 0 Å². The summed E-state index contributed by atoms with van der Waals surface area (Å²) >= 11 is 0. The van der Waals surface area contributed by atoms with Crippen molar-refractivity contribution in [3.8, 4) is 0 Å². The molecule has 0 aliphatic carbocycles. The highest BCUT2D eigenvalue weighted by Gasteiger charge is 2.51. The van der Waals surface area contributed by atoms with Crippen molar-refractivity contribution in [1.82, 2.24) is 0 Å². The number of methoxy groups -OCH3 is 1. The van der Waals surface area contributed by atoms with Gasteiger partial charge in [-0.2, -0.15) is 10.2 Å². The molecule has 0 radical (unpaired) electrons. The summed E-state index contributed by atoms with van der Waals surface area (Å²) < 4.78 is 9.97. The summed E-state index contributed by atoms with van der Waals surface area (Å²) in [6.45, 7) is 3.73. The highest BCUT2D eigenvalue weighted by molar-refractivity contribution is 5.82. The van der Waals surface area contributed by atoms with Crippen LogP contribution in [0.5, 0.6) is 0 Å². The number of rotatable bonds is 5. The topological polar surface area (TPSA) is 77.3 Å². The van der Waals surface area contributed by atoms with Gasteiger partial charge in [0.25, 0.3) is 0 Å². The number of hydrogen-bond acceptors (Lipinski definition) is 6. The minimum atomic E-state index is -1.14. The van der Waals surface area contributed by atoms with Crippen molar-refractivity contribution >= 4 is 11.9 Å². The predicted molar refractivity (Wildman–Crippen MR) is 59.5 cm³/mol. The lowest BCUT2D eigenvalue weighted by Crippen LogP contribution is -2.49. The molecule has 1 heterocycles. The molecule has 0 fully saturated rings. The zero-order valence-electron chi connectivity index (χ0n) is 10.4. The van der Waals surface area contributed by atoms with E-state index < -0.39 is 23.6 Å². The van der Waals surface area contributed by atoms with Crippen LogP contribution < -0.4 is 0 Å². The number of carbonyl (C=O) groups excluding carboxylic acids is 2. The molecule has 1 aliphatic rings. The third-order valence-corrected chi connectivity index (χ3v) is 2.77. The van der Waals surface area contributed by atoms with E-state index >= 15 is 0 Å². The maximum Gasteiger partial charge on any atom is 0.339 e. The number of hydrogen-bond donors (Lipinski definition) is 0. The SMILES string of the molecule is CCCC(OC(C)=O)C1(C(=O)OC)CCN=N1. The lowest BCUT2D eigenvalue weighted by atomic mass is 9.87. The van der Waals surface area contributed by atoms with E-state index in [0.29, 0.717) is 19.4 Å². The monoisotopic (exact) mass is 242 g/mol. The van der Waals surface area contributed by atoms with Gasteiger partial charge >= 0.3 is 11.9 Å². The zero-order chi connectivity index (χ0) is 12.9. The van der Waals surface area contributed by atoms with Gasteiger partial charge < -0.3 is 9.47 Å². The van der Waals surface area contributed by atoms with Crippen molar-refractivity contribution in [1.29, 1.82) is 0 Å². The van der Waals surface area contributed by atoms with Gasteiger partial charge in [-0.15, -0.1) is 0 Å². The molecule has 6 heteroatoms. The summed E-state index contributed by atoms with van der Waals surface area (Å²) in [4.78, 5) is 23.0. The lowest BCUT2D eigenvalue weighted by molar-refractivity contribution is -0.161. The van der Waals surface area contributed by atoms with Crippen molar-refractivity contribution in [3.05, 3.63) is 0 Å². The molecular formula is C11H18N2O4. The lowest BCUT2D eigenvalue weighted by Gasteiger charge is -2.30. The average Bonchev–Trinajstić information content (AvgIpc) is 2.77. The molecule has 0 bridgehead atoms. The van der Waals surface area contributed by atoms with Crippen LogP contribution >= 0.6 is 0 Å². The molecule has 2 unspecified atom stereocenters. The predicted octanol–water partition coefficient (Wildman–Crippen LogP) is 1.49. The maximum absolute atomic E-state index is 11.9. The Labute approximate surface area is 100 Å². The van der Waals surface area contributed by atoms with Crippen molar-refractivity contribution in [3.63, 3.8) is 0 Å². The van der Waals surface area contributed by atoms with Crippen molar-refractivity contribution in [2.24, 2.45) is 10.2 Å². The molecule has 0 N–H and O–H groups in total. The fraction of sp³-hybridized carbons (Fsp3) is 0.818. The molecule has 0 aromatic rings. The van der Waals surface area contributed by atoms with E-state index in [1.807, 2.05) is 6.92 Å². The molecule has 1 aliphatic heterocycles. The largest absolute Gasteiger partial charge is 0.467 e. The Morgan fingerprint density at radius 3 is 2.59 bits per heavy atom. The molecule has 0 amide bonds. The quantitative estimate of drug-likeness (QED) is 0.684. The summed E-state index contributed by atoms with van der Waals surface area (Å²) in [6, 6.07) is 0. The van der Waals surface area contributed by atoms with Crippen molar-refractivity contribution in [2.45, 2.75) is 44.8 Å². The van der Waals surface area contributed by atoms with Gasteiger partial charge in [-0.3, -0.25) is 4.79 Å². The first-order chi connectivity index (χ1) is 8.06. The summed E-state index contributed by atoms with van der Waals surface area (Å²) in [5, 5.41) is 7.83. The molecule has 17 heavy (non-hydrogen) atoms. The summed E-state index contributed by atoms with van der Waals surface area (Å²) in [6.07, 6.45) is 1.18. The smallest absolute Gasteiger partial charge is 0.339 e. The van der Waals surface area contributed by atoms with E-state index in [9.17, 15) is 9.59 Å². The van der Waals surface area contributed by atoms with E-state index in [-0.39, 0.29) is 0 Å². The second kappa shape index (κ2) is 5.75. The molecule has 0 aromatic heterocycles. The minimum Gasteiger partial charge on any atom is -0.467 e. The molecule has 1 rings (SSSR count). The van der Waals surface area contributed by atoms with Crippen LogP contribution in [0.4, 0.5) is 0 Å². The average molecular weight is 242 g/mol. The Kier molecular flexibility index (Phi) is 4.60. The molecule has 2 atom stereocenters. The molecule has 0 saturated carbocycles. The first-order valence-corrected chi connectivity index (χ1v) is 5.71. The normalized spacial score (nSPS) is 24.4. The number of nitrogens with zero attached hydrogens (tertiary/aromatic N) is 2. The third kappa shape index (κ3) is 2.81. The highest BCUT2D eigenvalue weighted by atomic mass is 16.6. The van der Waals surface area contributed by atoms with Crippen LogP contribution in [0, 0.1) is 0 Å². The Bertz CT molecular complexity index is 329. The minimum absolute atomic E-state index is 0.422. The first kappa shape index (κ1) is 13.6. The third-order valence-electron chi connectivity index (χ3n) is 2.77. The number of azo groups is 1. The Hall–Kier alpha value is -1.46. The molecule has 0 spiro atoms. The van der Waals surface area contributed by atoms with Crippen molar-refractivity contribution < 1.29 is 19.1 Å². The van der Waals surface area contributed by atoms with Crippen LogP contribution in [0.15, 0.2) is 10.2 Å². The van der Waals surface area contributed by atoms with E-state index in [2.05, 4.69) is 10.2 Å². The summed E-state index contributed by atoms with van der Waals surface area (Å²) in [5.74, 6) is -0.910. The van der Waals surface area contributed by atoms with E-state index in [4.69, 9.17) is 9.47 Å². The molecule has 6 nitrogen and oxygen atoms in total. The van der Waals surface area contributed by atoms with Crippen LogP contribution in [0.25, 0.3) is 0 Å². The summed E-state index contributed by atoms with van der Waals surface area (Å²) in [5.41, 5.74) is -1.14. The van der Waals surface area contributed by atoms with Gasteiger partial charge in [0.1, 0.15) is 6.10 Å². The Morgan fingerprint density at radius 2 is 2.18 bits per heavy atom. The van der Waals surface area contributed by atoms with Crippen LogP contribution in [-0.2, 0) is 19.1 Å². The first-order valence-electron chi connectivity index (χ1n) is 5.71. The van der Waals surface area contributed by atoms with Crippen LogP contribution in [0.1, 0.15) is 33.1 Å². The van der Waals surface area contributed by atoms with Gasteiger partial charge in [-0.25, -0.2) is 4.79 Å². The maximum atomic E-state index is 11.9. The number of carbonyl (C=O) groups is 2. The van der Waals surface area contributed by atoms with Crippen molar-refractivity contribution in [2.75, 3.05) is 13.7 Å². The van der Waals surface area contributed by atoms with Gasteiger partial charge in [0, 0.05) is 13.3 Å². The Morgan fingerprint density at radius 1 is 1.47 bits per heavy atom. The molecule has 96 valence electrons. The molecule has 0 saturated heterocycles. The van der Waals surface area contributed by atoms with E-state index in [1.54, 1.807) is 0 Å². The second-order valence-electron chi connectivity index (χ2n) is 4.02. The van der Waals surface area contributed by atoms with Gasteiger partial charge in [0.2, 0.25) is 5.54 Å². The van der Waals surface area contributed by atoms with Gasteiger partial charge in [-0.1, -0.05) is 13.3 Å². The van der Waals surface area contributed by atoms with Gasteiger partial charge in [0.15, 0.2) is 0 Å². The van der Waals surface area contributed by atoms with E-state index in [1.165, 1.54) is 14.0 Å². The van der Waals surface area contributed by atoms with E-state index in [0.717, 1.165) is 6.42 Å². The fourth-order valence-electron chi connectivity index (χ4n) is 1.98. The zero-order valence-corrected chi connectivity index (χ0v) is 10.4. The summed E-state index contributed by atoms with van der Waals surface area (Å²) in [7, 11) is 1.30. The second-order valence-corrected chi connectivity index (χ2v) is 4.02. The fourth-order valence-corrected chi connectivity index (χ4v) is 1.98. The standard InChI is InChI=1S/C11H18N2O4/c1-4-5-9(17-8(2)14)11(10(15)16-3)6-7-12-13-11/h9H,4-7H2,1-3H3. The Balaban J connectivity index is 2.96. The number of esters is 2. The number of ether oxygens (including phenoxy) is 2. The van der Waals surface area contributed by atoms with Crippen LogP contribution in [-0.4, -0.2) is 37.2 Å². The van der Waals surface area contributed by atoms with Crippen LogP contribution in [0.2, 0.25) is 0 Å². The molecule has 0 aromatic carbocycles. The van der Waals surface area contributed by atoms with Gasteiger partial charge in [-0.05, 0) is 6.42 Å². The molecular weight excluding hydrogens is 224 g/mol. The highest BCUT2D eigenvalue weighted by Crippen LogP contribution is 2.32. The van der Waals surface area contributed by atoms with Gasteiger partial charge in [0.05, 0.1) is 13.7 Å².